The Hall–Kier alpha value is -2.41. The Morgan fingerprint density at radius 3 is 2.26 bits per heavy atom. The van der Waals surface area contributed by atoms with Crippen LogP contribution in [0.1, 0.15) is 21.8 Å². The van der Waals surface area contributed by atoms with Gasteiger partial charge >= 0.3 is 0 Å². The minimum atomic E-state index is -1.32. The Morgan fingerprint density at radius 2 is 1.51 bits per heavy atom. The van der Waals surface area contributed by atoms with E-state index in [2.05, 4.69) is 15.6 Å². The predicted octanol–water partition coefficient (Wildman–Crippen LogP) is 7.91. The van der Waals surface area contributed by atoms with Gasteiger partial charge in [0.25, 0.3) is 5.91 Å². The number of carbonyl (C=O) groups is 2. The summed E-state index contributed by atoms with van der Waals surface area (Å²) in [5, 5.41) is 7.66. The maximum absolute atomic E-state index is 13.0. The van der Waals surface area contributed by atoms with Gasteiger partial charge < -0.3 is 15.6 Å². The standard InChI is InChI=1S/C25H16Cl5N3O2/c26-14-7-13(8-15(27)10-14)21-22(25(21,29)30)24(35)33-17-1-3-19(28)18(11-17)23(34)32-16-2-4-20-12(9-16)5-6-31-20/h1-11,21-22,31H,(H,32,34)(H,33,35). The van der Waals surface area contributed by atoms with Crippen LogP contribution in [0.3, 0.4) is 0 Å². The van der Waals surface area contributed by atoms with E-state index < -0.39 is 28.0 Å². The number of amides is 2. The van der Waals surface area contributed by atoms with Crippen LogP contribution in [0.4, 0.5) is 11.4 Å². The summed E-state index contributed by atoms with van der Waals surface area (Å²) in [6, 6.07) is 17.0. The number of aromatic amines is 1. The molecule has 3 aromatic carbocycles. The molecule has 0 saturated heterocycles. The first kappa shape index (κ1) is 24.3. The van der Waals surface area contributed by atoms with Gasteiger partial charge in [0.1, 0.15) is 4.33 Å². The largest absolute Gasteiger partial charge is 0.361 e. The monoisotopic (exact) mass is 565 g/mol. The number of rotatable bonds is 5. The van der Waals surface area contributed by atoms with Gasteiger partial charge in [0.2, 0.25) is 5.91 Å². The molecule has 1 aromatic heterocycles. The molecule has 2 unspecified atom stereocenters. The van der Waals surface area contributed by atoms with Crippen LogP contribution in [0.25, 0.3) is 10.9 Å². The molecule has 0 bridgehead atoms. The van der Waals surface area contributed by atoms with E-state index in [-0.39, 0.29) is 10.6 Å². The highest BCUT2D eigenvalue weighted by Crippen LogP contribution is 2.65. The molecule has 2 amide bonds. The number of fused-ring (bicyclic) bond motifs is 1. The van der Waals surface area contributed by atoms with Crippen molar-refractivity contribution in [2.45, 2.75) is 10.3 Å². The highest BCUT2D eigenvalue weighted by Gasteiger charge is 2.67. The minimum Gasteiger partial charge on any atom is -0.361 e. The lowest BCUT2D eigenvalue weighted by atomic mass is 10.1. The van der Waals surface area contributed by atoms with Crippen LogP contribution >= 0.6 is 58.0 Å². The van der Waals surface area contributed by atoms with Gasteiger partial charge in [0.15, 0.2) is 0 Å². The fourth-order valence-electron chi connectivity index (χ4n) is 4.15. The van der Waals surface area contributed by atoms with Crippen molar-refractivity contribution < 1.29 is 9.59 Å². The third kappa shape index (κ3) is 4.84. The molecule has 2 atom stereocenters. The van der Waals surface area contributed by atoms with E-state index in [0.717, 1.165) is 10.9 Å². The normalized spacial score (nSPS) is 18.3. The van der Waals surface area contributed by atoms with Crippen molar-refractivity contribution in [1.82, 2.24) is 4.98 Å². The van der Waals surface area contributed by atoms with Crippen molar-refractivity contribution in [3.05, 3.63) is 93.1 Å². The molecule has 5 nitrogen and oxygen atoms in total. The second kappa shape index (κ2) is 9.23. The lowest BCUT2D eigenvalue weighted by Gasteiger charge is -2.10. The van der Waals surface area contributed by atoms with Gasteiger partial charge in [-0.3, -0.25) is 9.59 Å². The molecule has 0 spiro atoms. The third-order valence-corrected chi connectivity index (χ3v) is 7.58. The molecule has 10 heteroatoms. The summed E-state index contributed by atoms with van der Waals surface area (Å²) in [6.45, 7) is 0. The highest BCUT2D eigenvalue weighted by atomic mass is 35.5. The lowest BCUT2D eigenvalue weighted by Crippen LogP contribution is -2.18. The van der Waals surface area contributed by atoms with Crippen LogP contribution in [0.2, 0.25) is 15.1 Å². The quantitative estimate of drug-likeness (QED) is 0.215. The van der Waals surface area contributed by atoms with Gasteiger partial charge in [0.05, 0.1) is 16.5 Å². The second-order valence-electron chi connectivity index (χ2n) is 8.25. The number of anilines is 2. The fourth-order valence-corrected chi connectivity index (χ4v) is 5.72. The zero-order valence-electron chi connectivity index (χ0n) is 17.7. The van der Waals surface area contributed by atoms with Crippen molar-refractivity contribution in [3.8, 4) is 0 Å². The molecule has 5 rings (SSSR count). The summed E-state index contributed by atoms with van der Waals surface area (Å²) in [5.41, 5.74) is 2.82. The van der Waals surface area contributed by atoms with E-state index in [0.29, 0.717) is 27.0 Å². The number of nitrogens with one attached hydrogen (secondary N) is 3. The maximum Gasteiger partial charge on any atom is 0.257 e. The molecule has 178 valence electrons. The van der Waals surface area contributed by atoms with Gasteiger partial charge in [0, 0.05) is 44.4 Å². The Balaban J connectivity index is 1.33. The molecule has 1 heterocycles. The Morgan fingerprint density at radius 1 is 0.829 bits per heavy atom. The zero-order chi connectivity index (χ0) is 24.9. The van der Waals surface area contributed by atoms with Crippen LogP contribution in [-0.4, -0.2) is 21.1 Å². The predicted molar refractivity (Wildman–Crippen MR) is 143 cm³/mol. The molecular weight excluding hydrogens is 552 g/mol. The van der Waals surface area contributed by atoms with Crippen LogP contribution in [0.15, 0.2) is 66.9 Å². The Kier molecular flexibility index (Phi) is 6.41. The number of hydrogen-bond acceptors (Lipinski definition) is 2. The Bertz CT molecular complexity index is 1460. The summed E-state index contributed by atoms with van der Waals surface area (Å²) < 4.78 is -1.32. The first-order valence-corrected chi connectivity index (χ1v) is 12.3. The van der Waals surface area contributed by atoms with Gasteiger partial charge in [-0.1, -0.05) is 34.8 Å². The summed E-state index contributed by atoms with van der Waals surface area (Å²) in [7, 11) is 0. The second-order valence-corrected chi connectivity index (χ2v) is 11.0. The van der Waals surface area contributed by atoms with E-state index in [1.807, 2.05) is 24.4 Å². The van der Waals surface area contributed by atoms with Crippen LogP contribution in [0, 0.1) is 5.92 Å². The molecule has 3 N–H and O–H groups in total. The molecule has 35 heavy (non-hydrogen) atoms. The van der Waals surface area contributed by atoms with E-state index >= 15 is 0 Å². The van der Waals surface area contributed by atoms with Gasteiger partial charge in [-0.05, 0) is 66.2 Å². The van der Waals surface area contributed by atoms with Crippen LogP contribution in [-0.2, 0) is 4.79 Å². The smallest absolute Gasteiger partial charge is 0.257 e. The lowest BCUT2D eigenvalue weighted by molar-refractivity contribution is -0.117. The minimum absolute atomic E-state index is 0.204. The van der Waals surface area contributed by atoms with E-state index in [1.54, 1.807) is 30.3 Å². The van der Waals surface area contributed by atoms with Crippen molar-refractivity contribution in [2.24, 2.45) is 5.92 Å². The summed E-state index contributed by atoms with van der Waals surface area (Å²) in [4.78, 5) is 29.0. The average Bonchev–Trinajstić information content (AvgIpc) is 3.11. The van der Waals surface area contributed by atoms with Crippen LogP contribution in [0.5, 0.6) is 0 Å². The summed E-state index contributed by atoms with van der Waals surface area (Å²) in [6.07, 6.45) is 1.82. The number of halogens is 5. The molecule has 1 fully saturated rings. The number of aromatic nitrogens is 1. The van der Waals surface area contributed by atoms with Crippen molar-refractivity contribution >= 4 is 92.1 Å². The topological polar surface area (TPSA) is 74.0 Å². The summed E-state index contributed by atoms with van der Waals surface area (Å²) >= 11 is 31.3. The number of hydrogen-bond donors (Lipinski definition) is 3. The first-order chi connectivity index (χ1) is 16.6. The molecule has 4 aromatic rings. The molecular formula is C25H16Cl5N3O2. The van der Waals surface area contributed by atoms with Crippen molar-refractivity contribution in [1.29, 1.82) is 0 Å². The molecule has 0 aliphatic heterocycles. The fraction of sp³-hybridized carbons (Fsp3) is 0.120. The number of benzene rings is 3. The molecule has 1 aliphatic rings. The molecule has 1 aliphatic carbocycles. The third-order valence-electron chi connectivity index (χ3n) is 5.87. The first-order valence-electron chi connectivity index (χ1n) is 10.5. The summed E-state index contributed by atoms with van der Waals surface area (Å²) in [5.74, 6) is -2.03. The molecule has 1 saturated carbocycles. The van der Waals surface area contributed by atoms with E-state index in [9.17, 15) is 9.59 Å². The van der Waals surface area contributed by atoms with Crippen molar-refractivity contribution in [3.63, 3.8) is 0 Å². The maximum atomic E-state index is 13.0. The van der Waals surface area contributed by atoms with Gasteiger partial charge in [-0.15, -0.1) is 23.2 Å². The van der Waals surface area contributed by atoms with E-state index in [4.69, 9.17) is 58.0 Å². The number of alkyl halides is 2. The van der Waals surface area contributed by atoms with Crippen molar-refractivity contribution in [2.75, 3.05) is 10.6 Å². The van der Waals surface area contributed by atoms with Gasteiger partial charge in [-0.25, -0.2) is 0 Å². The Labute approximate surface area is 225 Å². The van der Waals surface area contributed by atoms with Crippen LogP contribution < -0.4 is 10.6 Å². The number of carbonyl (C=O) groups excluding carboxylic acids is 2. The highest BCUT2D eigenvalue weighted by molar-refractivity contribution is 6.53. The molecule has 0 radical (unpaired) electrons. The van der Waals surface area contributed by atoms with E-state index in [1.165, 1.54) is 12.1 Å². The average molecular weight is 568 g/mol. The van der Waals surface area contributed by atoms with Gasteiger partial charge in [-0.2, -0.15) is 0 Å². The zero-order valence-corrected chi connectivity index (χ0v) is 21.5. The number of H-pyrrole nitrogens is 1. The SMILES string of the molecule is O=C(Nc1ccc2[nH]ccc2c1)c1cc(NC(=O)C2C(c3cc(Cl)cc(Cl)c3)C2(Cl)Cl)ccc1Cl.